The summed E-state index contributed by atoms with van der Waals surface area (Å²) in [6.07, 6.45) is -2.32. The summed E-state index contributed by atoms with van der Waals surface area (Å²) in [7, 11) is 0. The molecule has 0 spiro atoms. The van der Waals surface area contributed by atoms with Crippen LogP contribution in [0.25, 0.3) is 16.5 Å². The lowest BCUT2D eigenvalue weighted by atomic mass is 9.99. The summed E-state index contributed by atoms with van der Waals surface area (Å²) in [6.45, 7) is 1.12. The molecule has 0 bridgehead atoms. The Kier molecular flexibility index (Phi) is 6.02. The predicted molar refractivity (Wildman–Crippen MR) is 136 cm³/mol. The van der Waals surface area contributed by atoms with Crippen molar-refractivity contribution in [3.8, 4) is 5.69 Å². The van der Waals surface area contributed by atoms with E-state index in [9.17, 15) is 18.3 Å². The van der Waals surface area contributed by atoms with Crippen LogP contribution in [0, 0.1) is 6.92 Å². The quantitative estimate of drug-likeness (QED) is 0.283. The molecular formula is C29H24F3N3O. The highest BCUT2D eigenvalue weighted by molar-refractivity contribution is 5.87. The maximum absolute atomic E-state index is 14.7. The Hall–Kier alpha value is -4.10. The lowest BCUT2D eigenvalue weighted by Gasteiger charge is -2.36. The summed E-state index contributed by atoms with van der Waals surface area (Å²) in [6, 6.07) is 28.8. The SMILES string of the molecule is Cc1ccc(N(C[C@](O)(c2nccn2-c2ccccc2)C(F)(F)F)c2ccc3ccccc3c2)cc1. The summed E-state index contributed by atoms with van der Waals surface area (Å²) < 4.78 is 45.5. The van der Waals surface area contributed by atoms with Crippen LogP contribution in [-0.2, 0) is 5.60 Å². The molecular weight excluding hydrogens is 463 g/mol. The fourth-order valence-corrected chi connectivity index (χ4v) is 4.32. The molecule has 1 aromatic heterocycles. The van der Waals surface area contributed by atoms with Crippen LogP contribution < -0.4 is 4.90 Å². The first-order valence-corrected chi connectivity index (χ1v) is 11.5. The molecule has 4 nitrogen and oxygen atoms in total. The van der Waals surface area contributed by atoms with E-state index in [1.54, 1.807) is 48.5 Å². The molecule has 0 fully saturated rings. The van der Waals surface area contributed by atoms with Crippen molar-refractivity contribution < 1.29 is 18.3 Å². The Morgan fingerprint density at radius 3 is 2.14 bits per heavy atom. The molecule has 1 N–H and O–H groups in total. The number of aromatic nitrogens is 2. The van der Waals surface area contributed by atoms with Gasteiger partial charge in [-0.2, -0.15) is 13.2 Å². The van der Waals surface area contributed by atoms with E-state index in [1.807, 2.05) is 55.5 Å². The van der Waals surface area contributed by atoms with Crippen LogP contribution >= 0.6 is 0 Å². The number of fused-ring (bicyclic) bond motifs is 1. The van der Waals surface area contributed by atoms with Gasteiger partial charge < -0.3 is 14.6 Å². The Morgan fingerprint density at radius 1 is 0.806 bits per heavy atom. The average molecular weight is 488 g/mol. The fourth-order valence-electron chi connectivity index (χ4n) is 4.32. The van der Waals surface area contributed by atoms with E-state index in [1.165, 1.54) is 21.9 Å². The van der Waals surface area contributed by atoms with Crippen molar-refractivity contribution in [2.75, 3.05) is 11.4 Å². The maximum atomic E-state index is 14.7. The van der Waals surface area contributed by atoms with E-state index in [0.29, 0.717) is 17.1 Å². The summed E-state index contributed by atoms with van der Waals surface area (Å²) in [5, 5.41) is 13.3. The van der Waals surface area contributed by atoms with Crippen molar-refractivity contribution in [2.45, 2.75) is 18.7 Å². The van der Waals surface area contributed by atoms with Crippen molar-refractivity contribution in [3.05, 3.63) is 121 Å². The first-order valence-electron chi connectivity index (χ1n) is 11.5. The molecule has 0 aliphatic heterocycles. The van der Waals surface area contributed by atoms with Gasteiger partial charge in [0.1, 0.15) is 0 Å². The van der Waals surface area contributed by atoms with Gasteiger partial charge in [-0.1, -0.05) is 66.2 Å². The number of anilines is 2. The monoisotopic (exact) mass is 487 g/mol. The van der Waals surface area contributed by atoms with Gasteiger partial charge in [0.05, 0.1) is 6.54 Å². The van der Waals surface area contributed by atoms with E-state index < -0.39 is 24.1 Å². The molecule has 7 heteroatoms. The average Bonchev–Trinajstić information content (AvgIpc) is 3.38. The number of imidazole rings is 1. The molecule has 0 amide bonds. The lowest BCUT2D eigenvalue weighted by Crippen LogP contribution is -2.51. The largest absolute Gasteiger partial charge is 0.426 e. The third-order valence-electron chi connectivity index (χ3n) is 6.29. The third kappa shape index (κ3) is 4.33. The van der Waals surface area contributed by atoms with E-state index >= 15 is 0 Å². The van der Waals surface area contributed by atoms with Crippen molar-refractivity contribution in [1.82, 2.24) is 9.55 Å². The van der Waals surface area contributed by atoms with Gasteiger partial charge in [-0.3, -0.25) is 0 Å². The molecule has 0 aliphatic carbocycles. The fraction of sp³-hybridized carbons (Fsp3) is 0.138. The van der Waals surface area contributed by atoms with Crippen molar-refractivity contribution in [1.29, 1.82) is 0 Å². The van der Waals surface area contributed by atoms with Gasteiger partial charge in [0, 0.05) is 29.5 Å². The Labute approximate surface area is 206 Å². The topological polar surface area (TPSA) is 41.3 Å². The molecule has 0 radical (unpaired) electrons. The van der Waals surface area contributed by atoms with E-state index in [2.05, 4.69) is 4.98 Å². The van der Waals surface area contributed by atoms with E-state index in [0.717, 1.165) is 16.3 Å². The van der Waals surface area contributed by atoms with Crippen molar-refractivity contribution in [2.24, 2.45) is 0 Å². The number of halogens is 3. The minimum atomic E-state index is -5.01. The summed E-state index contributed by atoms with van der Waals surface area (Å²) in [4.78, 5) is 5.49. The highest BCUT2D eigenvalue weighted by Crippen LogP contribution is 2.42. The number of benzene rings is 4. The number of nitrogens with zero attached hydrogens (tertiary/aromatic N) is 3. The normalized spacial score (nSPS) is 13.5. The first kappa shape index (κ1) is 23.6. The summed E-state index contributed by atoms with van der Waals surface area (Å²) in [5.74, 6) is -0.501. The molecule has 5 rings (SSSR count). The first-order chi connectivity index (χ1) is 17.3. The number of hydrogen-bond donors (Lipinski definition) is 1. The van der Waals surface area contributed by atoms with Crippen LogP contribution in [0.3, 0.4) is 0 Å². The van der Waals surface area contributed by atoms with Gasteiger partial charge in [0.15, 0.2) is 5.82 Å². The van der Waals surface area contributed by atoms with Crippen LogP contribution in [-0.4, -0.2) is 27.4 Å². The zero-order valence-corrected chi connectivity index (χ0v) is 19.5. The van der Waals surface area contributed by atoms with Crippen LogP contribution in [0.4, 0.5) is 24.5 Å². The summed E-state index contributed by atoms with van der Waals surface area (Å²) in [5.41, 5.74) is -0.777. The zero-order chi connectivity index (χ0) is 25.3. The molecule has 1 atom stereocenters. The zero-order valence-electron chi connectivity index (χ0n) is 19.5. The molecule has 0 aliphatic rings. The van der Waals surface area contributed by atoms with Gasteiger partial charge >= 0.3 is 6.18 Å². The van der Waals surface area contributed by atoms with E-state index in [4.69, 9.17) is 0 Å². The molecule has 36 heavy (non-hydrogen) atoms. The highest BCUT2D eigenvalue weighted by Gasteiger charge is 2.59. The highest BCUT2D eigenvalue weighted by atomic mass is 19.4. The molecule has 5 aromatic rings. The molecule has 182 valence electrons. The Bertz CT molecular complexity index is 1480. The second-order valence-corrected chi connectivity index (χ2v) is 8.77. The number of rotatable bonds is 6. The Morgan fingerprint density at radius 2 is 1.44 bits per heavy atom. The van der Waals surface area contributed by atoms with Crippen LogP contribution in [0.1, 0.15) is 11.4 Å². The van der Waals surface area contributed by atoms with Gasteiger partial charge in [-0.25, -0.2) is 4.98 Å². The van der Waals surface area contributed by atoms with Crippen LogP contribution in [0.5, 0.6) is 0 Å². The maximum Gasteiger partial charge on any atom is 0.426 e. The molecule has 4 aromatic carbocycles. The van der Waals surface area contributed by atoms with Crippen molar-refractivity contribution in [3.63, 3.8) is 0 Å². The van der Waals surface area contributed by atoms with Gasteiger partial charge in [-0.15, -0.1) is 0 Å². The third-order valence-corrected chi connectivity index (χ3v) is 6.29. The van der Waals surface area contributed by atoms with E-state index in [-0.39, 0.29) is 0 Å². The number of aryl methyl sites for hydroxylation is 1. The van der Waals surface area contributed by atoms with Crippen LogP contribution in [0.2, 0.25) is 0 Å². The minimum Gasteiger partial charge on any atom is -0.373 e. The second kappa shape index (κ2) is 9.17. The van der Waals surface area contributed by atoms with Crippen molar-refractivity contribution >= 4 is 22.1 Å². The van der Waals surface area contributed by atoms with Gasteiger partial charge in [-0.05, 0) is 54.1 Å². The number of para-hydroxylation sites is 1. The number of alkyl halides is 3. The van der Waals surface area contributed by atoms with Gasteiger partial charge in [0.25, 0.3) is 0 Å². The second-order valence-electron chi connectivity index (χ2n) is 8.77. The molecule has 0 saturated carbocycles. The number of hydrogen-bond acceptors (Lipinski definition) is 3. The predicted octanol–water partition coefficient (Wildman–Crippen LogP) is 6.92. The van der Waals surface area contributed by atoms with Gasteiger partial charge in [0.2, 0.25) is 5.60 Å². The molecule has 0 unspecified atom stereocenters. The van der Waals surface area contributed by atoms with Crippen LogP contribution in [0.15, 0.2) is 109 Å². The summed E-state index contributed by atoms with van der Waals surface area (Å²) >= 11 is 0. The molecule has 1 heterocycles. The smallest absolute Gasteiger partial charge is 0.373 e. The minimum absolute atomic E-state index is 0.472. The molecule has 0 saturated heterocycles. The number of aliphatic hydroxyl groups is 1. The standard InChI is InChI=1S/C29H24F3N3O/c1-21-11-14-25(15-12-21)35(26-16-13-22-7-5-6-8-23(22)19-26)20-28(36,29(30,31)32)27-33-17-18-34(27)24-9-3-2-4-10-24/h2-19,36H,20H2,1H3/t28-/m0/s1. The lowest BCUT2D eigenvalue weighted by molar-refractivity contribution is -0.265. The Balaban J connectivity index is 1.66.